The maximum Gasteiger partial charge on any atom is 0.278 e. The zero-order valence-corrected chi connectivity index (χ0v) is 16.4. The second-order valence-electron chi connectivity index (χ2n) is 6.90. The van der Waals surface area contributed by atoms with Crippen molar-refractivity contribution in [3.05, 3.63) is 69.5 Å². The molecule has 0 spiro atoms. The zero-order valence-electron chi connectivity index (χ0n) is 16.4. The molecule has 29 heavy (non-hydrogen) atoms. The van der Waals surface area contributed by atoms with E-state index in [-0.39, 0.29) is 18.0 Å². The van der Waals surface area contributed by atoms with Gasteiger partial charge in [-0.3, -0.25) is 14.7 Å². The van der Waals surface area contributed by atoms with Crippen LogP contribution in [0.5, 0.6) is 0 Å². The Bertz CT molecular complexity index is 1250. The van der Waals surface area contributed by atoms with Crippen molar-refractivity contribution in [3.63, 3.8) is 0 Å². The van der Waals surface area contributed by atoms with E-state index in [9.17, 15) is 9.59 Å². The molecular weight excluding hydrogens is 370 g/mol. The minimum absolute atomic E-state index is 0.164. The lowest BCUT2D eigenvalue weighted by atomic mass is 10.2. The van der Waals surface area contributed by atoms with Gasteiger partial charge in [-0.05, 0) is 32.9 Å². The highest BCUT2D eigenvalue weighted by Crippen LogP contribution is 2.19. The third-order valence-corrected chi connectivity index (χ3v) is 4.88. The Balaban J connectivity index is 1.65. The molecule has 0 aliphatic carbocycles. The zero-order chi connectivity index (χ0) is 20.5. The van der Waals surface area contributed by atoms with E-state index in [1.54, 1.807) is 17.8 Å². The van der Waals surface area contributed by atoms with Gasteiger partial charge in [0.1, 0.15) is 12.1 Å². The first kappa shape index (κ1) is 18.6. The largest absolute Gasteiger partial charge is 0.350 e. The molecule has 2 N–H and O–H groups in total. The minimum Gasteiger partial charge on any atom is -0.350 e. The van der Waals surface area contributed by atoms with E-state index in [2.05, 4.69) is 25.7 Å². The summed E-state index contributed by atoms with van der Waals surface area (Å²) < 4.78 is 2.92. The smallest absolute Gasteiger partial charge is 0.278 e. The number of rotatable bonds is 5. The molecule has 1 aromatic carbocycles. The van der Waals surface area contributed by atoms with Crippen LogP contribution in [0.15, 0.2) is 41.3 Å². The molecule has 4 rings (SSSR count). The number of nitrogens with zero attached hydrogens (tertiary/aromatic N) is 5. The minimum atomic E-state index is -0.333. The Labute approximate surface area is 166 Å². The third-order valence-electron chi connectivity index (χ3n) is 4.88. The van der Waals surface area contributed by atoms with Gasteiger partial charge in [0, 0.05) is 17.8 Å². The fourth-order valence-electron chi connectivity index (χ4n) is 3.28. The van der Waals surface area contributed by atoms with Crippen molar-refractivity contribution in [2.75, 3.05) is 0 Å². The second-order valence-corrected chi connectivity index (χ2v) is 6.90. The number of amides is 1. The quantitative estimate of drug-likeness (QED) is 0.536. The molecule has 0 unspecified atom stereocenters. The molecule has 148 valence electrons. The number of para-hydroxylation sites is 1. The number of fused-ring (bicyclic) bond motifs is 1. The molecular formula is C20H21N7O2. The van der Waals surface area contributed by atoms with Gasteiger partial charge in [-0.25, -0.2) is 9.36 Å². The average Bonchev–Trinajstić information content (AvgIpc) is 3.28. The number of aryl methyl sites for hydroxylation is 3. The van der Waals surface area contributed by atoms with Gasteiger partial charge in [0.05, 0.1) is 28.7 Å². The predicted octanol–water partition coefficient (Wildman–Crippen LogP) is 1.55. The van der Waals surface area contributed by atoms with E-state index in [1.165, 1.54) is 4.68 Å². The van der Waals surface area contributed by atoms with Crippen LogP contribution in [0.4, 0.5) is 0 Å². The molecule has 3 aromatic heterocycles. The van der Waals surface area contributed by atoms with Gasteiger partial charge in [0.25, 0.3) is 5.56 Å². The fourth-order valence-corrected chi connectivity index (χ4v) is 3.28. The highest BCUT2D eigenvalue weighted by atomic mass is 16.2. The van der Waals surface area contributed by atoms with Crippen molar-refractivity contribution in [3.8, 4) is 5.69 Å². The first-order valence-corrected chi connectivity index (χ1v) is 9.23. The van der Waals surface area contributed by atoms with Crippen molar-refractivity contribution < 1.29 is 4.79 Å². The SMILES string of the molecule is Cc1[nH]ncc1CNC(=O)Cn1nc(C)c2nn(-c3ccccc3)c(C)c2c1=O. The summed E-state index contributed by atoms with van der Waals surface area (Å²) in [7, 11) is 0. The summed E-state index contributed by atoms with van der Waals surface area (Å²) in [6.45, 7) is 5.68. The van der Waals surface area contributed by atoms with E-state index in [0.717, 1.165) is 16.9 Å². The van der Waals surface area contributed by atoms with Crippen LogP contribution in [-0.4, -0.2) is 35.7 Å². The van der Waals surface area contributed by atoms with Crippen LogP contribution in [0.1, 0.15) is 22.6 Å². The lowest BCUT2D eigenvalue weighted by Crippen LogP contribution is -2.34. The number of hydrogen-bond donors (Lipinski definition) is 2. The molecule has 9 nitrogen and oxygen atoms in total. The molecule has 0 saturated heterocycles. The summed E-state index contributed by atoms with van der Waals surface area (Å²) in [6, 6.07) is 9.59. The van der Waals surface area contributed by atoms with Crippen LogP contribution >= 0.6 is 0 Å². The summed E-state index contributed by atoms with van der Waals surface area (Å²) >= 11 is 0. The molecule has 1 amide bonds. The Morgan fingerprint density at radius 2 is 1.90 bits per heavy atom. The number of H-pyrrole nitrogens is 1. The summed E-state index contributed by atoms with van der Waals surface area (Å²) in [4.78, 5) is 25.4. The van der Waals surface area contributed by atoms with Crippen LogP contribution in [0.3, 0.4) is 0 Å². The van der Waals surface area contributed by atoms with Crippen LogP contribution in [-0.2, 0) is 17.9 Å². The first-order chi connectivity index (χ1) is 14.0. The molecule has 0 saturated carbocycles. The number of carbonyl (C=O) groups is 1. The Morgan fingerprint density at radius 3 is 2.59 bits per heavy atom. The van der Waals surface area contributed by atoms with Crippen molar-refractivity contribution in [1.82, 2.24) is 35.1 Å². The Hall–Kier alpha value is -3.75. The molecule has 0 fully saturated rings. The molecule has 4 aromatic rings. The highest BCUT2D eigenvalue weighted by Gasteiger charge is 2.18. The van der Waals surface area contributed by atoms with Crippen LogP contribution in [0.25, 0.3) is 16.6 Å². The Kier molecular flexibility index (Phi) is 4.71. The van der Waals surface area contributed by atoms with Crippen molar-refractivity contribution in [2.45, 2.75) is 33.9 Å². The highest BCUT2D eigenvalue weighted by molar-refractivity contribution is 5.83. The number of hydrogen-bond acceptors (Lipinski definition) is 5. The molecule has 0 bridgehead atoms. The van der Waals surface area contributed by atoms with Gasteiger partial charge < -0.3 is 5.32 Å². The van der Waals surface area contributed by atoms with Gasteiger partial charge in [-0.1, -0.05) is 18.2 Å². The molecule has 3 heterocycles. The number of benzene rings is 1. The monoisotopic (exact) mass is 391 g/mol. The van der Waals surface area contributed by atoms with Crippen LogP contribution in [0.2, 0.25) is 0 Å². The molecule has 0 aliphatic heterocycles. The second kappa shape index (κ2) is 7.34. The number of aromatic amines is 1. The van der Waals surface area contributed by atoms with Crippen LogP contribution in [0, 0.1) is 20.8 Å². The van der Waals surface area contributed by atoms with Gasteiger partial charge in [0.15, 0.2) is 0 Å². The maximum atomic E-state index is 13.0. The first-order valence-electron chi connectivity index (χ1n) is 9.23. The van der Waals surface area contributed by atoms with E-state index in [0.29, 0.717) is 28.8 Å². The van der Waals surface area contributed by atoms with Gasteiger partial charge in [0.2, 0.25) is 5.91 Å². The molecule has 0 aliphatic rings. The predicted molar refractivity (Wildman–Crippen MR) is 108 cm³/mol. The molecule has 0 atom stereocenters. The third kappa shape index (κ3) is 3.42. The molecule has 0 radical (unpaired) electrons. The number of aromatic nitrogens is 6. The lowest BCUT2D eigenvalue weighted by molar-refractivity contribution is -0.122. The van der Waals surface area contributed by atoms with E-state index in [1.807, 2.05) is 44.2 Å². The normalized spacial score (nSPS) is 11.1. The van der Waals surface area contributed by atoms with E-state index >= 15 is 0 Å². The van der Waals surface area contributed by atoms with Gasteiger partial charge >= 0.3 is 0 Å². The lowest BCUT2D eigenvalue weighted by Gasteiger charge is -2.07. The summed E-state index contributed by atoms with van der Waals surface area (Å²) in [5, 5.41) is 18.9. The Morgan fingerprint density at radius 1 is 1.14 bits per heavy atom. The number of nitrogens with one attached hydrogen (secondary N) is 2. The fraction of sp³-hybridized carbons (Fsp3) is 0.250. The van der Waals surface area contributed by atoms with Gasteiger partial charge in [-0.2, -0.15) is 15.3 Å². The van der Waals surface area contributed by atoms with Crippen LogP contribution < -0.4 is 10.9 Å². The summed E-state index contributed by atoms with van der Waals surface area (Å²) in [5.74, 6) is -0.299. The van der Waals surface area contributed by atoms with Gasteiger partial charge in [-0.15, -0.1) is 0 Å². The standard InChI is InChI=1S/C20H21N7O2/c1-12-15(10-22-23-12)9-21-17(28)11-26-20(29)18-14(3)27(16-7-5-4-6-8-16)25-19(18)13(2)24-26/h4-8,10H,9,11H2,1-3H3,(H,21,28)(H,22,23). The van der Waals surface area contributed by atoms with Crippen molar-refractivity contribution in [2.24, 2.45) is 0 Å². The number of carbonyl (C=O) groups excluding carboxylic acids is 1. The maximum absolute atomic E-state index is 13.0. The van der Waals surface area contributed by atoms with Crippen molar-refractivity contribution in [1.29, 1.82) is 0 Å². The van der Waals surface area contributed by atoms with E-state index < -0.39 is 0 Å². The van der Waals surface area contributed by atoms with E-state index in [4.69, 9.17) is 0 Å². The average molecular weight is 391 g/mol. The summed E-state index contributed by atoms with van der Waals surface area (Å²) in [5.41, 5.74) is 4.16. The van der Waals surface area contributed by atoms with Crippen molar-refractivity contribution >= 4 is 16.8 Å². The topological polar surface area (TPSA) is 110 Å². The summed E-state index contributed by atoms with van der Waals surface area (Å²) in [6.07, 6.45) is 1.66. The molecule has 9 heteroatoms.